The molecule has 3 rings (SSSR count). The quantitative estimate of drug-likeness (QED) is 0.175. The highest BCUT2D eigenvalue weighted by Gasteiger charge is 2.19. The van der Waals surface area contributed by atoms with Gasteiger partial charge >= 0.3 is 5.97 Å². The number of hydrogen-bond acceptors (Lipinski definition) is 3. The smallest absolute Gasteiger partial charge is 0.330 e. The minimum Gasteiger partial charge on any atom is -0.467 e. The van der Waals surface area contributed by atoms with Crippen LogP contribution in [0.15, 0.2) is 96.0 Å². The molecule has 3 nitrogen and oxygen atoms in total. The summed E-state index contributed by atoms with van der Waals surface area (Å²) in [5.41, 5.74) is 5.16. The summed E-state index contributed by atoms with van der Waals surface area (Å²) in [7, 11) is 1.41. The number of rotatable bonds is 8. The van der Waals surface area contributed by atoms with Crippen molar-refractivity contribution in [1.82, 2.24) is 0 Å². The lowest BCUT2D eigenvalue weighted by Crippen LogP contribution is -2.22. The molecule has 0 radical (unpaired) electrons. The molecule has 0 aromatic heterocycles. The van der Waals surface area contributed by atoms with Crippen molar-refractivity contribution >= 4 is 37.9 Å². The average Bonchev–Trinajstić information content (AvgIpc) is 2.84. The number of aliphatic imine (C=N–C) groups is 1. The number of nitrogens with zero attached hydrogens (tertiary/aromatic N) is 1. The zero-order valence-corrected chi connectivity index (χ0v) is 20.8. The number of esters is 1. The van der Waals surface area contributed by atoms with Crippen molar-refractivity contribution in [3.8, 4) is 0 Å². The van der Waals surface area contributed by atoms with Crippen molar-refractivity contribution in [3.63, 3.8) is 0 Å². The summed E-state index contributed by atoms with van der Waals surface area (Å²) >= 11 is 2.32. The molecule has 0 aliphatic rings. The molecule has 3 aromatic carbocycles. The Morgan fingerprint density at radius 2 is 1.41 bits per heavy atom. The van der Waals surface area contributed by atoms with E-state index in [2.05, 4.69) is 66.8 Å². The van der Waals surface area contributed by atoms with E-state index in [1.165, 1.54) is 12.7 Å². The first-order valence-corrected chi connectivity index (χ1v) is 11.8. The molecular formula is C28H28INO2. The van der Waals surface area contributed by atoms with Crippen molar-refractivity contribution in [2.75, 3.05) is 7.11 Å². The lowest BCUT2D eigenvalue weighted by Gasteiger charge is -2.14. The van der Waals surface area contributed by atoms with Crippen LogP contribution in [0.4, 0.5) is 0 Å². The van der Waals surface area contributed by atoms with Crippen LogP contribution in [-0.4, -0.2) is 24.8 Å². The fraction of sp³-hybridized carbons (Fsp3) is 0.214. The highest BCUT2D eigenvalue weighted by Crippen LogP contribution is 2.26. The third kappa shape index (κ3) is 6.39. The molecule has 0 saturated heterocycles. The highest BCUT2D eigenvalue weighted by atomic mass is 127. The van der Waals surface area contributed by atoms with Crippen LogP contribution in [0.1, 0.15) is 48.4 Å². The number of carbonyl (C=O) groups excluding carboxylic acids is 1. The average molecular weight is 537 g/mol. The summed E-state index contributed by atoms with van der Waals surface area (Å²) in [6.45, 7) is 4.37. The van der Waals surface area contributed by atoms with Gasteiger partial charge in [0.2, 0.25) is 0 Å². The van der Waals surface area contributed by atoms with E-state index in [0.29, 0.717) is 12.3 Å². The molecule has 32 heavy (non-hydrogen) atoms. The van der Waals surface area contributed by atoms with E-state index in [0.717, 1.165) is 26.0 Å². The van der Waals surface area contributed by atoms with Gasteiger partial charge < -0.3 is 4.74 Å². The summed E-state index contributed by atoms with van der Waals surface area (Å²) in [6.07, 6.45) is 2.52. The van der Waals surface area contributed by atoms with Crippen molar-refractivity contribution in [1.29, 1.82) is 0 Å². The molecule has 0 N–H and O–H groups in total. The predicted molar refractivity (Wildman–Crippen MR) is 141 cm³/mol. The third-order valence-electron chi connectivity index (χ3n) is 5.23. The van der Waals surface area contributed by atoms with E-state index < -0.39 is 6.04 Å². The number of ether oxygens (including phenoxy) is 1. The SMILES string of the molecule is COC(=O)C(C/C=C(\I)c1ccc(C(C)C)cc1)N=C(c1ccccc1)c1ccccc1. The van der Waals surface area contributed by atoms with Gasteiger partial charge in [0.1, 0.15) is 0 Å². The number of halogens is 1. The molecule has 1 atom stereocenters. The topological polar surface area (TPSA) is 38.7 Å². The van der Waals surface area contributed by atoms with Crippen LogP contribution in [0, 0.1) is 0 Å². The minimum absolute atomic E-state index is 0.343. The van der Waals surface area contributed by atoms with Gasteiger partial charge in [-0.05, 0) is 46.1 Å². The lowest BCUT2D eigenvalue weighted by atomic mass is 10.0. The maximum Gasteiger partial charge on any atom is 0.330 e. The second kappa shape index (κ2) is 11.8. The maximum absolute atomic E-state index is 12.6. The second-order valence-corrected chi connectivity index (χ2v) is 8.98. The molecule has 0 aliphatic carbocycles. The van der Waals surface area contributed by atoms with Crippen LogP contribution in [-0.2, 0) is 9.53 Å². The van der Waals surface area contributed by atoms with Crippen molar-refractivity contribution < 1.29 is 9.53 Å². The standard InChI is InChI=1S/C28H28INO2/c1-20(2)21-14-16-22(17-15-21)25(29)18-19-26(28(31)32-3)30-27(23-10-6-4-7-11-23)24-12-8-5-9-13-24/h4-18,20,26H,19H2,1-3H3/b25-18-. The van der Waals surface area contributed by atoms with E-state index in [4.69, 9.17) is 9.73 Å². The zero-order valence-electron chi connectivity index (χ0n) is 18.7. The van der Waals surface area contributed by atoms with Gasteiger partial charge in [0.05, 0.1) is 12.8 Å². The number of carbonyl (C=O) groups is 1. The van der Waals surface area contributed by atoms with Gasteiger partial charge in [-0.15, -0.1) is 0 Å². The van der Waals surface area contributed by atoms with Gasteiger partial charge in [0, 0.05) is 14.7 Å². The van der Waals surface area contributed by atoms with Crippen LogP contribution in [0.3, 0.4) is 0 Å². The van der Waals surface area contributed by atoms with Gasteiger partial charge in [0.25, 0.3) is 0 Å². The van der Waals surface area contributed by atoms with Gasteiger partial charge in [-0.25, -0.2) is 4.79 Å². The lowest BCUT2D eigenvalue weighted by molar-refractivity contribution is -0.141. The van der Waals surface area contributed by atoms with E-state index in [-0.39, 0.29) is 5.97 Å². The van der Waals surface area contributed by atoms with Gasteiger partial charge in [-0.3, -0.25) is 4.99 Å². The fourth-order valence-electron chi connectivity index (χ4n) is 3.36. The Bertz CT molecular complexity index is 1030. The highest BCUT2D eigenvalue weighted by molar-refractivity contribution is 14.1. The fourth-order valence-corrected chi connectivity index (χ4v) is 3.98. The molecular weight excluding hydrogens is 509 g/mol. The summed E-state index contributed by atoms with van der Waals surface area (Å²) in [6, 6.07) is 27.8. The third-order valence-corrected chi connectivity index (χ3v) is 6.29. The normalized spacial score (nSPS) is 12.3. The molecule has 0 amide bonds. The molecule has 1 unspecified atom stereocenters. The molecule has 0 spiro atoms. The molecule has 4 heteroatoms. The molecule has 164 valence electrons. The number of methoxy groups -OCH3 is 1. The maximum atomic E-state index is 12.6. The first-order valence-electron chi connectivity index (χ1n) is 10.7. The Morgan fingerprint density at radius 1 is 0.875 bits per heavy atom. The summed E-state index contributed by atoms with van der Waals surface area (Å²) in [5, 5.41) is 0. The summed E-state index contributed by atoms with van der Waals surface area (Å²) < 4.78 is 6.17. The number of benzene rings is 3. The second-order valence-electron chi connectivity index (χ2n) is 7.81. The summed E-state index contributed by atoms with van der Waals surface area (Å²) in [4.78, 5) is 17.5. The Morgan fingerprint density at radius 3 is 1.88 bits per heavy atom. The van der Waals surface area contributed by atoms with Crippen LogP contribution >= 0.6 is 22.6 Å². The Labute approximate surface area is 204 Å². The molecule has 0 heterocycles. The first-order chi connectivity index (χ1) is 15.5. The van der Waals surface area contributed by atoms with Crippen LogP contribution in [0.5, 0.6) is 0 Å². The number of hydrogen-bond donors (Lipinski definition) is 0. The van der Waals surface area contributed by atoms with Crippen molar-refractivity contribution in [2.24, 2.45) is 4.99 Å². The Kier molecular flexibility index (Phi) is 8.80. The van der Waals surface area contributed by atoms with E-state index in [1.807, 2.05) is 60.7 Å². The predicted octanol–water partition coefficient (Wildman–Crippen LogP) is 7.06. The molecule has 0 aliphatic heterocycles. The minimum atomic E-state index is -0.630. The van der Waals surface area contributed by atoms with E-state index >= 15 is 0 Å². The summed E-state index contributed by atoms with van der Waals surface area (Å²) in [5.74, 6) is 0.156. The largest absolute Gasteiger partial charge is 0.467 e. The van der Waals surface area contributed by atoms with Gasteiger partial charge in [-0.2, -0.15) is 0 Å². The monoisotopic (exact) mass is 537 g/mol. The molecule has 0 saturated carbocycles. The molecule has 0 bridgehead atoms. The van der Waals surface area contributed by atoms with Crippen molar-refractivity contribution in [3.05, 3.63) is 113 Å². The van der Waals surface area contributed by atoms with Crippen LogP contribution in [0.2, 0.25) is 0 Å². The Balaban J connectivity index is 1.93. The Hall–Kier alpha value is -2.73. The van der Waals surface area contributed by atoms with Crippen molar-refractivity contribution in [2.45, 2.75) is 32.2 Å². The van der Waals surface area contributed by atoms with Crippen LogP contribution < -0.4 is 0 Å². The van der Waals surface area contributed by atoms with Gasteiger partial charge in [-0.1, -0.05) is 105 Å². The molecule has 3 aromatic rings. The van der Waals surface area contributed by atoms with E-state index in [9.17, 15) is 4.79 Å². The van der Waals surface area contributed by atoms with Crippen LogP contribution in [0.25, 0.3) is 3.58 Å². The first kappa shape index (κ1) is 23.9. The van der Waals surface area contributed by atoms with Gasteiger partial charge in [0.15, 0.2) is 6.04 Å². The molecule has 0 fully saturated rings. The van der Waals surface area contributed by atoms with E-state index in [1.54, 1.807) is 0 Å². The zero-order chi connectivity index (χ0) is 22.9.